The van der Waals surface area contributed by atoms with Crippen molar-refractivity contribution in [3.05, 3.63) is 58.1 Å². The maximum absolute atomic E-state index is 13.5. The summed E-state index contributed by atoms with van der Waals surface area (Å²) in [7, 11) is 0. The summed E-state index contributed by atoms with van der Waals surface area (Å²) in [4.78, 5) is 2.96. The lowest BCUT2D eigenvalue weighted by Gasteiger charge is -2.19. The Morgan fingerprint density at radius 2 is 1.75 bits per heavy atom. The first kappa shape index (κ1) is 26.4. The normalized spacial score (nSPS) is 14.6. The van der Waals surface area contributed by atoms with Gasteiger partial charge >= 0.3 is 0 Å². The molecule has 0 radical (unpaired) electrons. The maximum atomic E-state index is 13.5. The Bertz CT molecular complexity index is 1260. The van der Waals surface area contributed by atoms with Gasteiger partial charge in [-0.25, -0.2) is 4.39 Å². The predicted molar refractivity (Wildman–Crippen MR) is 142 cm³/mol. The average molecular weight is 534 g/mol. The van der Waals surface area contributed by atoms with E-state index in [9.17, 15) is 9.50 Å². The second kappa shape index (κ2) is 12.6. The first-order chi connectivity index (χ1) is 17.6. The number of aliphatic hydroxyl groups is 3. The minimum Gasteiger partial charge on any atom is -0.491 e. The molecule has 4 rings (SSSR count). The van der Waals surface area contributed by atoms with Crippen LogP contribution in [0.4, 0.5) is 10.1 Å². The van der Waals surface area contributed by atoms with E-state index in [1.54, 1.807) is 23.1 Å². The van der Waals surface area contributed by atoms with Crippen LogP contribution >= 0.6 is 23.1 Å². The Hall–Kier alpha value is -2.63. The minimum absolute atomic E-state index is 0.00464. The van der Waals surface area contributed by atoms with Crippen molar-refractivity contribution in [3.63, 3.8) is 0 Å². The van der Waals surface area contributed by atoms with Crippen LogP contribution in [0, 0.1) is 0 Å². The van der Waals surface area contributed by atoms with Gasteiger partial charge in [-0.05, 0) is 42.8 Å². The molecule has 3 aromatic rings. The number of benzene rings is 2. The zero-order valence-corrected chi connectivity index (χ0v) is 21.7. The number of rotatable bonds is 12. The van der Waals surface area contributed by atoms with Crippen LogP contribution < -0.4 is 18.9 Å². The molecule has 0 atom stereocenters. The number of halogens is 1. The standard InChI is InChI=1S/C26H30FN2O5S2/c1-18(14-25-28(7-6-27)21-16-19(33-12-10-31)2-4-23(21)35-25)15-26-29(8-9-30)22-17-20(34-13-11-32)3-5-24(22)36-26/h2-5,14-17,30-32H,6-13H2,1H3/q+1. The molecular weight excluding hydrogens is 503 g/mol. The molecule has 0 unspecified atom stereocenters. The lowest BCUT2D eigenvalue weighted by molar-refractivity contribution is -0.670. The predicted octanol–water partition coefficient (Wildman–Crippen LogP) is 3.75. The summed E-state index contributed by atoms with van der Waals surface area (Å²) in [5.74, 6) is 1.30. The Labute approximate surface area is 217 Å². The Balaban J connectivity index is 1.65. The van der Waals surface area contributed by atoms with E-state index in [-0.39, 0.29) is 39.6 Å². The summed E-state index contributed by atoms with van der Waals surface area (Å²) in [5, 5.41) is 29.7. The fraction of sp³-hybridized carbons (Fsp3) is 0.346. The van der Waals surface area contributed by atoms with Gasteiger partial charge in [-0.3, -0.25) is 0 Å². The second-order valence-corrected chi connectivity index (χ2v) is 10.2. The molecule has 0 spiro atoms. The lowest BCUT2D eigenvalue weighted by atomic mass is 10.2. The zero-order chi connectivity index (χ0) is 25.5. The van der Waals surface area contributed by atoms with E-state index >= 15 is 0 Å². The van der Waals surface area contributed by atoms with Crippen LogP contribution in [0.5, 0.6) is 11.5 Å². The van der Waals surface area contributed by atoms with E-state index < -0.39 is 6.67 Å². The van der Waals surface area contributed by atoms with Crippen LogP contribution in [0.25, 0.3) is 16.3 Å². The molecule has 0 saturated carbocycles. The number of aliphatic hydroxyl groups excluding tert-OH is 3. The van der Waals surface area contributed by atoms with Crippen molar-refractivity contribution in [2.24, 2.45) is 0 Å². The van der Waals surface area contributed by atoms with Crippen LogP contribution in [0.1, 0.15) is 11.9 Å². The zero-order valence-electron chi connectivity index (χ0n) is 20.0. The molecule has 10 heteroatoms. The van der Waals surface area contributed by atoms with E-state index in [0.717, 1.165) is 36.4 Å². The van der Waals surface area contributed by atoms with Gasteiger partial charge in [0, 0.05) is 17.0 Å². The molecule has 0 aliphatic carbocycles. The van der Waals surface area contributed by atoms with Gasteiger partial charge in [0.2, 0.25) is 5.52 Å². The summed E-state index contributed by atoms with van der Waals surface area (Å²) in [6.07, 6.45) is 4.10. The van der Waals surface area contributed by atoms with Gasteiger partial charge in [0.15, 0.2) is 6.54 Å². The summed E-state index contributed by atoms with van der Waals surface area (Å²) in [6.45, 7) is 2.47. The number of nitrogens with zero attached hydrogens (tertiary/aromatic N) is 2. The maximum Gasteiger partial charge on any atom is 0.263 e. The summed E-state index contributed by atoms with van der Waals surface area (Å²) >= 11 is 3.19. The number of hydrogen-bond donors (Lipinski definition) is 3. The molecule has 0 saturated heterocycles. The highest BCUT2D eigenvalue weighted by atomic mass is 32.2. The fourth-order valence-electron chi connectivity index (χ4n) is 3.96. The molecule has 3 N–H and O–H groups in total. The molecule has 192 valence electrons. The van der Waals surface area contributed by atoms with Gasteiger partial charge < -0.3 is 29.7 Å². The average Bonchev–Trinajstić information content (AvgIpc) is 3.38. The van der Waals surface area contributed by atoms with Crippen molar-refractivity contribution in [1.82, 2.24) is 0 Å². The van der Waals surface area contributed by atoms with Crippen molar-refractivity contribution >= 4 is 45.1 Å². The topological polar surface area (TPSA) is 86.3 Å². The minimum atomic E-state index is -0.491. The molecule has 0 fully saturated rings. The number of fused-ring (bicyclic) bond motifs is 2. The Morgan fingerprint density at radius 3 is 2.44 bits per heavy atom. The summed E-state index contributed by atoms with van der Waals surface area (Å²) in [6, 6.07) is 11.5. The third kappa shape index (κ3) is 6.01. The van der Waals surface area contributed by atoms with Gasteiger partial charge in [-0.2, -0.15) is 4.57 Å². The number of ether oxygens (including phenoxy) is 2. The quantitative estimate of drug-likeness (QED) is 0.306. The number of aromatic nitrogens is 1. The van der Waals surface area contributed by atoms with Gasteiger partial charge in [-0.15, -0.1) is 0 Å². The molecule has 0 bridgehead atoms. The summed E-state index contributed by atoms with van der Waals surface area (Å²) in [5.41, 5.74) is 2.83. The molecule has 2 heterocycles. The van der Waals surface area contributed by atoms with Gasteiger partial charge in [0.25, 0.3) is 5.01 Å². The van der Waals surface area contributed by atoms with Crippen LogP contribution in [0.15, 0.2) is 58.0 Å². The van der Waals surface area contributed by atoms with Crippen molar-refractivity contribution in [1.29, 1.82) is 0 Å². The lowest BCUT2D eigenvalue weighted by Crippen LogP contribution is -2.36. The smallest absolute Gasteiger partial charge is 0.263 e. The monoisotopic (exact) mass is 533 g/mol. The van der Waals surface area contributed by atoms with Crippen molar-refractivity contribution in [2.75, 3.05) is 51.2 Å². The van der Waals surface area contributed by atoms with Gasteiger partial charge in [-0.1, -0.05) is 23.1 Å². The first-order valence-corrected chi connectivity index (χ1v) is 13.3. The highest BCUT2D eigenvalue weighted by Gasteiger charge is 2.26. The van der Waals surface area contributed by atoms with E-state index in [1.165, 1.54) is 0 Å². The van der Waals surface area contributed by atoms with Crippen LogP contribution in [0.3, 0.4) is 0 Å². The second-order valence-electron chi connectivity index (χ2n) is 8.03. The third-order valence-corrected chi connectivity index (χ3v) is 7.68. The number of hydrogen-bond acceptors (Lipinski definition) is 8. The number of alkyl halides is 1. The number of thioether (sulfide) groups is 1. The molecule has 7 nitrogen and oxygen atoms in total. The molecule has 2 aromatic carbocycles. The van der Waals surface area contributed by atoms with Crippen LogP contribution in [-0.2, 0) is 6.54 Å². The summed E-state index contributed by atoms with van der Waals surface area (Å²) < 4.78 is 27.7. The molecule has 0 amide bonds. The van der Waals surface area contributed by atoms with E-state index in [2.05, 4.69) is 10.6 Å². The van der Waals surface area contributed by atoms with E-state index in [1.807, 2.05) is 54.3 Å². The largest absolute Gasteiger partial charge is 0.491 e. The van der Waals surface area contributed by atoms with Crippen molar-refractivity contribution in [3.8, 4) is 11.5 Å². The third-order valence-electron chi connectivity index (χ3n) is 5.46. The molecular formula is C26H30FN2O5S2+. The van der Waals surface area contributed by atoms with E-state index in [4.69, 9.17) is 19.7 Å². The fourth-order valence-corrected chi connectivity index (χ4v) is 6.32. The highest BCUT2D eigenvalue weighted by Crippen LogP contribution is 2.47. The Morgan fingerprint density at radius 1 is 1.03 bits per heavy atom. The van der Waals surface area contributed by atoms with Gasteiger partial charge in [0.1, 0.15) is 42.7 Å². The molecule has 36 heavy (non-hydrogen) atoms. The number of anilines is 1. The SMILES string of the molecule is CC(/C=C1\Sc2ccc(OCCO)cc2N1CCF)=C\c1sc2ccc(OCCO)cc2[n+]1CCO. The van der Waals surface area contributed by atoms with Crippen LogP contribution in [-0.4, -0.2) is 61.6 Å². The van der Waals surface area contributed by atoms with Crippen LogP contribution in [0.2, 0.25) is 0 Å². The first-order valence-electron chi connectivity index (χ1n) is 11.7. The number of thiazole rings is 1. The highest BCUT2D eigenvalue weighted by molar-refractivity contribution is 8.03. The molecule has 1 aromatic heterocycles. The van der Waals surface area contributed by atoms with E-state index in [0.29, 0.717) is 18.0 Å². The van der Waals surface area contributed by atoms with Crippen molar-refractivity contribution < 1.29 is 33.8 Å². The molecule has 1 aliphatic rings. The Kier molecular flexibility index (Phi) is 9.22. The molecule has 1 aliphatic heterocycles. The number of allylic oxidation sites excluding steroid dienone is 2. The van der Waals surface area contributed by atoms with Crippen molar-refractivity contribution in [2.45, 2.75) is 18.4 Å². The van der Waals surface area contributed by atoms with Gasteiger partial charge in [0.05, 0.1) is 36.5 Å².